The molecule has 1 saturated carbocycles. The van der Waals surface area contributed by atoms with E-state index in [1.807, 2.05) is 19.1 Å². The number of carboxylic acid groups (broad SMARTS) is 1. The second kappa shape index (κ2) is 7.99. The first-order valence-corrected chi connectivity index (χ1v) is 9.50. The Morgan fingerprint density at radius 2 is 2.07 bits per heavy atom. The maximum Gasteiger partial charge on any atom is 0.342 e. The molecule has 1 aromatic carbocycles. The Morgan fingerprint density at radius 1 is 1.33 bits per heavy atom. The molecule has 1 fully saturated rings. The van der Waals surface area contributed by atoms with Crippen LogP contribution in [0, 0.1) is 18.8 Å². The largest absolute Gasteiger partial charge is 0.550 e. The van der Waals surface area contributed by atoms with E-state index >= 15 is 0 Å². The van der Waals surface area contributed by atoms with Gasteiger partial charge in [-0.2, -0.15) is 0 Å². The maximum absolute atomic E-state index is 12.0. The Balaban J connectivity index is 1.89. The highest BCUT2D eigenvalue weighted by Gasteiger charge is 2.30. The third kappa shape index (κ3) is 3.64. The van der Waals surface area contributed by atoms with Crippen molar-refractivity contribution in [3.05, 3.63) is 46.5 Å². The van der Waals surface area contributed by atoms with E-state index in [4.69, 9.17) is 4.74 Å². The van der Waals surface area contributed by atoms with Gasteiger partial charge in [-0.3, -0.25) is 0 Å². The van der Waals surface area contributed by atoms with Gasteiger partial charge in [0.2, 0.25) is 0 Å². The van der Waals surface area contributed by atoms with E-state index in [-0.39, 0.29) is 23.8 Å². The lowest BCUT2D eigenvalue weighted by Gasteiger charge is -2.23. The number of cyclic esters (lactones) is 1. The summed E-state index contributed by atoms with van der Waals surface area (Å²) in [6.45, 7) is 5.89. The molecule has 1 aromatic rings. The fourth-order valence-electron chi connectivity index (χ4n) is 4.31. The van der Waals surface area contributed by atoms with Crippen molar-refractivity contribution in [1.82, 2.24) is 0 Å². The van der Waals surface area contributed by atoms with Crippen LogP contribution < -0.4 is 5.11 Å². The summed E-state index contributed by atoms with van der Waals surface area (Å²) in [6, 6.07) is 0. The van der Waals surface area contributed by atoms with Crippen LogP contribution in [-0.4, -0.2) is 17.0 Å². The molecule has 0 spiro atoms. The predicted molar refractivity (Wildman–Crippen MR) is 100.0 cm³/mol. The molecule has 2 unspecified atom stereocenters. The smallest absolute Gasteiger partial charge is 0.342 e. The molecule has 0 radical (unpaired) electrons. The van der Waals surface area contributed by atoms with Crippen molar-refractivity contribution in [3.63, 3.8) is 0 Å². The summed E-state index contributed by atoms with van der Waals surface area (Å²) in [6.07, 6.45) is 10.3. The molecule has 0 amide bonds. The van der Waals surface area contributed by atoms with Crippen molar-refractivity contribution in [2.45, 2.75) is 52.1 Å². The summed E-state index contributed by atoms with van der Waals surface area (Å²) in [7, 11) is 0. The molecule has 144 valence electrons. The van der Waals surface area contributed by atoms with Gasteiger partial charge in [0.25, 0.3) is 0 Å². The number of carboxylic acids is 1. The van der Waals surface area contributed by atoms with Crippen molar-refractivity contribution in [2.24, 2.45) is 11.8 Å². The molecule has 2 atom stereocenters. The van der Waals surface area contributed by atoms with Gasteiger partial charge in [-0.05, 0) is 43.2 Å². The molecule has 5 heteroatoms. The first-order chi connectivity index (χ1) is 13.0. The van der Waals surface area contributed by atoms with Crippen LogP contribution in [0.15, 0.2) is 18.7 Å². The minimum absolute atomic E-state index is 0.0602. The average molecular weight is 369 g/mol. The Labute approximate surface area is 159 Å². The lowest BCUT2D eigenvalue weighted by atomic mass is 9.86. The number of esters is 1. The molecule has 0 bridgehead atoms. The first kappa shape index (κ1) is 19.2. The van der Waals surface area contributed by atoms with Gasteiger partial charge in [0.1, 0.15) is 17.9 Å². The van der Waals surface area contributed by atoms with Gasteiger partial charge in [0, 0.05) is 23.0 Å². The first-order valence-electron chi connectivity index (χ1n) is 9.50. The minimum atomic E-state index is -0.989. The van der Waals surface area contributed by atoms with Crippen LogP contribution in [0.4, 0.5) is 0 Å². The number of aromatic hydroxyl groups is 1. The van der Waals surface area contributed by atoms with Gasteiger partial charge in [0.05, 0.1) is 0 Å². The Kier molecular flexibility index (Phi) is 5.68. The molecule has 5 nitrogen and oxygen atoms in total. The van der Waals surface area contributed by atoms with Gasteiger partial charge in [-0.1, -0.05) is 44.1 Å². The fraction of sp³-hybridized carbons (Fsp3) is 0.455. The number of aliphatic carboxylic acids is 1. The minimum Gasteiger partial charge on any atom is -0.550 e. The van der Waals surface area contributed by atoms with Crippen LogP contribution in [0.5, 0.6) is 5.75 Å². The third-order valence-corrected chi connectivity index (χ3v) is 5.84. The number of fused-ring (bicyclic) bond motifs is 1. The van der Waals surface area contributed by atoms with Crippen LogP contribution in [0.25, 0.3) is 6.08 Å². The highest BCUT2D eigenvalue weighted by Crippen LogP contribution is 2.38. The maximum atomic E-state index is 12.0. The Morgan fingerprint density at radius 3 is 2.78 bits per heavy atom. The van der Waals surface area contributed by atoms with E-state index in [1.165, 1.54) is 0 Å². The van der Waals surface area contributed by atoms with Crippen LogP contribution in [0.1, 0.15) is 64.7 Å². The average Bonchev–Trinajstić information content (AvgIpc) is 2.87. The lowest BCUT2D eigenvalue weighted by Crippen LogP contribution is -2.35. The molecule has 27 heavy (non-hydrogen) atoms. The number of allylic oxidation sites excluding steroid dienone is 2. The number of phenolic OH excluding ortho intramolecular Hbond substituents is 1. The zero-order chi connectivity index (χ0) is 19.6. The summed E-state index contributed by atoms with van der Waals surface area (Å²) in [4.78, 5) is 23.4. The number of carbonyl (C=O) groups is 2. The van der Waals surface area contributed by atoms with Gasteiger partial charge >= 0.3 is 5.97 Å². The molecule has 1 aliphatic carbocycles. The molecule has 0 aromatic heterocycles. The van der Waals surface area contributed by atoms with Gasteiger partial charge < -0.3 is 19.7 Å². The quantitative estimate of drug-likeness (QED) is 0.490. The van der Waals surface area contributed by atoms with Crippen LogP contribution >= 0.6 is 0 Å². The number of carbonyl (C=O) groups excluding carboxylic acids is 2. The van der Waals surface area contributed by atoms with E-state index in [2.05, 4.69) is 6.58 Å². The topological polar surface area (TPSA) is 86.7 Å². The predicted octanol–water partition coefficient (Wildman–Crippen LogP) is 3.06. The number of benzene rings is 1. The number of hydrogen-bond acceptors (Lipinski definition) is 5. The molecular weight excluding hydrogens is 344 g/mol. The van der Waals surface area contributed by atoms with Crippen LogP contribution in [-0.2, 0) is 22.6 Å². The molecule has 1 aliphatic heterocycles. The van der Waals surface area contributed by atoms with Crippen molar-refractivity contribution in [3.8, 4) is 5.75 Å². The zero-order valence-electron chi connectivity index (χ0n) is 15.6. The molecular formula is C22H25O5-. The zero-order valence-corrected chi connectivity index (χ0v) is 15.6. The molecule has 0 saturated heterocycles. The van der Waals surface area contributed by atoms with Crippen molar-refractivity contribution < 1.29 is 24.5 Å². The van der Waals surface area contributed by atoms with Gasteiger partial charge in [0.15, 0.2) is 0 Å². The number of phenols is 1. The number of hydrogen-bond donors (Lipinski definition) is 1. The Bertz CT molecular complexity index is 806. The molecule has 1 heterocycles. The van der Waals surface area contributed by atoms with E-state index in [9.17, 15) is 19.8 Å². The SMILES string of the molecule is C=Cc1c(C)c2c(c(O)c1C/C=C/C1CCCCCC1C(=O)[O-])C(=O)OC2. The summed E-state index contributed by atoms with van der Waals surface area (Å²) in [5.41, 5.74) is 3.25. The second-order valence-corrected chi connectivity index (χ2v) is 7.36. The highest BCUT2D eigenvalue weighted by atomic mass is 16.5. The summed E-state index contributed by atoms with van der Waals surface area (Å²) in [5, 5.41) is 22.1. The summed E-state index contributed by atoms with van der Waals surface area (Å²) in [5.74, 6) is -2.08. The van der Waals surface area contributed by atoms with E-state index in [0.717, 1.165) is 36.8 Å². The van der Waals surface area contributed by atoms with Gasteiger partial charge in [-0.15, -0.1) is 0 Å². The highest BCUT2D eigenvalue weighted by molar-refractivity contribution is 5.98. The van der Waals surface area contributed by atoms with E-state index < -0.39 is 17.9 Å². The summed E-state index contributed by atoms with van der Waals surface area (Å²) >= 11 is 0. The fourth-order valence-corrected chi connectivity index (χ4v) is 4.31. The monoisotopic (exact) mass is 369 g/mol. The van der Waals surface area contributed by atoms with E-state index in [1.54, 1.807) is 6.08 Å². The number of ether oxygens (including phenoxy) is 1. The molecule has 1 N–H and O–H groups in total. The summed E-state index contributed by atoms with van der Waals surface area (Å²) < 4.78 is 5.07. The molecule has 2 aliphatic rings. The van der Waals surface area contributed by atoms with Crippen LogP contribution in [0.2, 0.25) is 0 Å². The lowest BCUT2D eigenvalue weighted by molar-refractivity contribution is -0.313. The van der Waals surface area contributed by atoms with Crippen molar-refractivity contribution in [1.29, 1.82) is 0 Å². The normalized spacial score (nSPS) is 22.3. The number of rotatable bonds is 5. The second-order valence-electron chi connectivity index (χ2n) is 7.36. The van der Waals surface area contributed by atoms with E-state index in [0.29, 0.717) is 24.0 Å². The molecule has 3 rings (SSSR count). The Hall–Kier alpha value is -2.56. The standard InChI is InChI=1S/C22H26O5/c1-3-15-13(2)18-12-27-22(26)19(18)20(23)17(15)11-7-9-14-8-5-4-6-10-16(14)21(24)25/h3,7,9,14,16,23H,1,4-6,8,10-12H2,2H3,(H,24,25)/p-1/b9-7+. The van der Waals surface area contributed by atoms with Gasteiger partial charge in [-0.25, -0.2) is 4.79 Å². The van der Waals surface area contributed by atoms with Crippen molar-refractivity contribution in [2.75, 3.05) is 0 Å². The third-order valence-electron chi connectivity index (χ3n) is 5.84. The van der Waals surface area contributed by atoms with Crippen LogP contribution in [0.3, 0.4) is 0 Å². The van der Waals surface area contributed by atoms with Crippen molar-refractivity contribution >= 4 is 18.0 Å².